The van der Waals surface area contributed by atoms with Crippen molar-refractivity contribution < 1.29 is 0 Å². The van der Waals surface area contributed by atoms with Crippen LogP contribution in [0.3, 0.4) is 0 Å². The quantitative estimate of drug-likeness (QED) is 0.682. The summed E-state index contributed by atoms with van der Waals surface area (Å²) in [6.45, 7) is 10.7. The van der Waals surface area contributed by atoms with Crippen LogP contribution in [0.4, 0.5) is 0 Å². The van der Waals surface area contributed by atoms with Gasteiger partial charge in [-0.1, -0.05) is 27.2 Å². The molecule has 1 N–H and O–H groups in total. The fraction of sp³-hybridized carbons (Fsp3) is 1.00. The molecule has 18 heavy (non-hydrogen) atoms. The fourth-order valence-electron chi connectivity index (χ4n) is 3.19. The maximum absolute atomic E-state index is 3.79. The number of nitrogens with zero attached hydrogens (tertiary/aromatic N) is 1. The topological polar surface area (TPSA) is 15.3 Å². The van der Waals surface area contributed by atoms with E-state index in [1.54, 1.807) is 0 Å². The first kappa shape index (κ1) is 16.3. The van der Waals surface area contributed by atoms with Crippen molar-refractivity contribution in [2.24, 2.45) is 0 Å². The standard InChI is InChI=1S/C15H32N2S/c1-5-9-14-12-17(10-8-11-18-4)15(6-2,7-3)13-16-14/h14,16H,5-13H2,1-4H3. The van der Waals surface area contributed by atoms with E-state index < -0.39 is 0 Å². The molecule has 1 heterocycles. The molecule has 0 amide bonds. The third-order valence-corrected chi connectivity index (χ3v) is 5.26. The van der Waals surface area contributed by atoms with Crippen molar-refractivity contribution >= 4 is 11.8 Å². The van der Waals surface area contributed by atoms with E-state index >= 15 is 0 Å². The second-order valence-corrected chi connectivity index (χ2v) is 6.58. The second kappa shape index (κ2) is 8.44. The van der Waals surface area contributed by atoms with Gasteiger partial charge in [0, 0.05) is 24.7 Å². The minimum absolute atomic E-state index is 0.419. The van der Waals surface area contributed by atoms with Gasteiger partial charge >= 0.3 is 0 Å². The molecule has 3 heteroatoms. The first-order chi connectivity index (χ1) is 8.72. The Bertz CT molecular complexity index is 217. The van der Waals surface area contributed by atoms with Crippen LogP contribution in [0.25, 0.3) is 0 Å². The van der Waals surface area contributed by atoms with Crippen molar-refractivity contribution in [2.75, 3.05) is 31.6 Å². The van der Waals surface area contributed by atoms with Gasteiger partial charge in [0.2, 0.25) is 0 Å². The molecule has 0 aromatic rings. The summed E-state index contributed by atoms with van der Waals surface area (Å²) in [5.74, 6) is 1.30. The number of piperazine rings is 1. The molecule has 1 aliphatic heterocycles. The van der Waals surface area contributed by atoms with Gasteiger partial charge in [0.05, 0.1) is 0 Å². The Kier molecular flexibility index (Phi) is 7.66. The molecule has 1 rings (SSSR count). The maximum atomic E-state index is 3.79. The molecule has 0 saturated carbocycles. The Morgan fingerprint density at radius 3 is 2.56 bits per heavy atom. The summed E-state index contributed by atoms with van der Waals surface area (Å²) in [4.78, 5) is 2.79. The Hall–Kier alpha value is 0.270. The van der Waals surface area contributed by atoms with Crippen LogP contribution in [0.1, 0.15) is 52.9 Å². The zero-order valence-electron chi connectivity index (χ0n) is 12.8. The minimum atomic E-state index is 0.419. The molecule has 1 aliphatic rings. The van der Waals surface area contributed by atoms with Crippen LogP contribution in [-0.2, 0) is 0 Å². The highest BCUT2D eigenvalue weighted by atomic mass is 32.2. The number of hydrogen-bond acceptors (Lipinski definition) is 3. The zero-order chi connectivity index (χ0) is 13.4. The van der Waals surface area contributed by atoms with Crippen LogP contribution in [0.15, 0.2) is 0 Å². The van der Waals surface area contributed by atoms with Crippen LogP contribution in [0, 0.1) is 0 Å². The maximum Gasteiger partial charge on any atom is 0.0329 e. The normalized spacial score (nSPS) is 24.3. The molecular weight excluding hydrogens is 240 g/mol. The minimum Gasteiger partial charge on any atom is -0.311 e. The highest BCUT2D eigenvalue weighted by Gasteiger charge is 2.37. The van der Waals surface area contributed by atoms with Gasteiger partial charge in [-0.15, -0.1) is 0 Å². The van der Waals surface area contributed by atoms with E-state index in [-0.39, 0.29) is 0 Å². The van der Waals surface area contributed by atoms with E-state index in [1.807, 2.05) is 11.8 Å². The molecule has 2 nitrogen and oxygen atoms in total. The van der Waals surface area contributed by atoms with E-state index in [0.717, 1.165) is 6.04 Å². The van der Waals surface area contributed by atoms with Crippen molar-refractivity contribution in [3.8, 4) is 0 Å². The van der Waals surface area contributed by atoms with Crippen LogP contribution in [-0.4, -0.2) is 48.1 Å². The predicted molar refractivity (Wildman–Crippen MR) is 84.6 cm³/mol. The van der Waals surface area contributed by atoms with Gasteiger partial charge in [0.15, 0.2) is 0 Å². The fourth-order valence-corrected chi connectivity index (χ4v) is 3.61. The van der Waals surface area contributed by atoms with E-state index in [4.69, 9.17) is 0 Å². The summed E-state index contributed by atoms with van der Waals surface area (Å²) in [5.41, 5.74) is 0.419. The van der Waals surface area contributed by atoms with Crippen LogP contribution >= 0.6 is 11.8 Å². The van der Waals surface area contributed by atoms with Gasteiger partial charge in [-0.05, 0) is 44.2 Å². The molecule has 0 spiro atoms. The van der Waals surface area contributed by atoms with Gasteiger partial charge in [-0.25, -0.2) is 0 Å². The summed E-state index contributed by atoms with van der Waals surface area (Å²) in [6.07, 6.45) is 8.71. The van der Waals surface area contributed by atoms with Crippen LogP contribution in [0.5, 0.6) is 0 Å². The zero-order valence-corrected chi connectivity index (χ0v) is 13.6. The lowest BCUT2D eigenvalue weighted by Crippen LogP contribution is -2.64. The summed E-state index contributed by atoms with van der Waals surface area (Å²) in [5, 5.41) is 3.79. The molecule has 0 radical (unpaired) electrons. The molecule has 1 fully saturated rings. The molecule has 0 aromatic carbocycles. The summed E-state index contributed by atoms with van der Waals surface area (Å²) in [7, 11) is 0. The van der Waals surface area contributed by atoms with E-state index in [9.17, 15) is 0 Å². The molecular formula is C15H32N2S. The Balaban J connectivity index is 2.60. The van der Waals surface area contributed by atoms with Crippen LogP contribution in [0.2, 0.25) is 0 Å². The largest absolute Gasteiger partial charge is 0.311 e. The Morgan fingerprint density at radius 2 is 2.00 bits per heavy atom. The molecule has 0 aliphatic carbocycles. The summed E-state index contributed by atoms with van der Waals surface area (Å²) >= 11 is 1.97. The summed E-state index contributed by atoms with van der Waals surface area (Å²) in [6, 6.07) is 0.718. The molecule has 108 valence electrons. The monoisotopic (exact) mass is 272 g/mol. The Morgan fingerprint density at radius 1 is 1.28 bits per heavy atom. The van der Waals surface area contributed by atoms with Crippen molar-refractivity contribution in [3.63, 3.8) is 0 Å². The van der Waals surface area contributed by atoms with Crippen molar-refractivity contribution in [1.82, 2.24) is 10.2 Å². The summed E-state index contributed by atoms with van der Waals surface area (Å²) < 4.78 is 0. The van der Waals surface area contributed by atoms with E-state index in [2.05, 4.69) is 37.2 Å². The number of nitrogens with one attached hydrogen (secondary N) is 1. The lowest BCUT2D eigenvalue weighted by molar-refractivity contribution is 0.0302. The highest BCUT2D eigenvalue weighted by molar-refractivity contribution is 7.98. The van der Waals surface area contributed by atoms with Crippen LogP contribution < -0.4 is 5.32 Å². The molecule has 1 atom stereocenters. The molecule has 1 unspecified atom stereocenters. The average molecular weight is 273 g/mol. The smallest absolute Gasteiger partial charge is 0.0329 e. The van der Waals surface area contributed by atoms with E-state index in [1.165, 1.54) is 57.5 Å². The number of rotatable bonds is 8. The average Bonchev–Trinajstić information content (AvgIpc) is 2.40. The predicted octanol–water partition coefficient (Wildman–Crippen LogP) is 3.37. The molecule has 0 aromatic heterocycles. The lowest BCUT2D eigenvalue weighted by atomic mass is 9.86. The molecule has 0 bridgehead atoms. The Labute approximate surface area is 118 Å². The third-order valence-electron chi connectivity index (χ3n) is 4.56. The van der Waals surface area contributed by atoms with E-state index in [0.29, 0.717) is 5.54 Å². The van der Waals surface area contributed by atoms with Gasteiger partial charge < -0.3 is 5.32 Å². The first-order valence-corrected chi connectivity index (χ1v) is 9.09. The van der Waals surface area contributed by atoms with Gasteiger partial charge in [0.25, 0.3) is 0 Å². The van der Waals surface area contributed by atoms with Crippen molar-refractivity contribution in [1.29, 1.82) is 0 Å². The number of thioether (sulfide) groups is 1. The van der Waals surface area contributed by atoms with Gasteiger partial charge in [-0.2, -0.15) is 11.8 Å². The first-order valence-electron chi connectivity index (χ1n) is 7.69. The lowest BCUT2D eigenvalue weighted by Gasteiger charge is -2.50. The second-order valence-electron chi connectivity index (χ2n) is 5.59. The molecule has 1 saturated heterocycles. The van der Waals surface area contributed by atoms with Crippen molar-refractivity contribution in [2.45, 2.75) is 64.5 Å². The number of hydrogen-bond donors (Lipinski definition) is 1. The third kappa shape index (κ3) is 4.14. The van der Waals surface area contributed by atoms with Crippen molar-refractivity contribution in [3.05, 3.63) is 0 Å². The van der Waals surface area contributed by atoms with Gasteiger partial charge in [0.1, 0.15) is 0 Å². The van der Waals surface area contributed by atoms with Gasteiger partial charge in [-0.3, -0.25) is 4.90 Å². The SMILES string of the molecule is CCCC1CN(CCCSC)C(CC)(CC)CN1. The highest BCUT2D eigenvalue weighted by Crippen LogP contribution is 2.28.